The lowest BCUT2D eigenvalue weighted by atomic mass is 9.90. The van der Waals surface area contributed by atoms with E-state index in [9.17, 15) is 14.4 Å². The quantitative estimate of drug-likeness (QED) is 0.767. The smallest absolute Gasteiger partial charge is 0.325 e. The van der Waals surface area contributed by atoms with Crippen LogP contribution >= 0.6 is 0 Å². The fourth-order valence-electron chi connectivity index (χ4n) is 2.85. The van der Waals surface area contributed by atoms with Gasteiger partial charge in [0.25, 0.3) is 5.91 Å². The van der Waals surface area contributed by atoms with Crippen molar-refractivity contribution in [1.82, 2.24) is 15.5 Å². The van der Waals surface area contributed by atoms with Gasteiger partial charge in [0.05, 0.1) is 0 Å². The fourth-order valence-corrected chi connectivity index (χ4v) is 2.85. The molecule has 2 atom stereocenters. The summed E-state index contributed by atoms with van der Waals surface area (Å²) in [5, 5.41) is 5.56. The van der Waals surface area contributed by atoms with E-state index < -0.39 is 17.5 Å². The van der Waals surface area contributed by atoms with Crippen molar-refractivity contribution < 1.29 is 14.4 Å². The highest BCUT2D eigenvalue weighted by molar-refractivity contribution is 6.09. The molecule has 4 amide bonds. The summed E-state index contributed by atoms with van der Waals surface area (Å²) in [5.74, 6) is -0.0954. The van der Waals surface area contributed by atoms with Crippen molar-refractivity contribution in [3.63, 3.8) is 0 Å². The second-order valence-corrected chi connectivity index (χ2v) is 7.82. The summed E-state index contributed by atoms with van der Waals surface area (Å²) in [6.07, 6.45) is 0. The van der Waals surface area contributed by atoms with Gasteiger partial charge in [-0.05, 0) is 36.8 Å². The first-order valence-electron chi connectivity index (χ1n) is 9.10. The highest BCUT2D eigenvalue weighted by atomic mass is 16.2. The maximum absolute atomic E-state index is 12.9. The molecule has 0 saturated carbocycles. The van der Waals surface area contributed by atoms with Crippen LogP contribution in [0.3, 0.4) is 0 Å². The van der Waals surface area contributed by atoms with Gasteiger partial charge in [0.1, 0.15) is 12.1 Å². The zero-order chi connectivity index (χ0) is 19.6. The van der Waals surface area contributed by atoms with Crippen molar-refractivity contribution >= 4 is 17.8 Å². The van der Waals surface area contributed by atoms with Crippen LogP contribution in [0.5, 0.6) is 0 Å². The predicted molar refractivity (Wildman–Crippen MR) is 101 cm³/mol. The first-order chi connectivity index (χ1) is 12.1. The van der Waals surface area contributed by atoms with Gasteiger partial charge in [0.15, 0.2) is 0 Å². The molecule has 6 nitrogen and oxygen atoms in total. The summed E-state index contributed by atoms with van der Waals surface area (Å²) in [7, 11) is 0. The number of carbonyl (C=O) groups is 3. The number of hydrogen-bond acceptors (Lipinski definition) is 3. The second kappa shape index (κ2) is 7.48. The minimum absolute atomic E-state index is 0.0294. The number of urea groups is 1. The molecule has 1 aliphatic heterocycles. The second-order valence-electron chi connectivity index (χ2n) is 7.82. The highest BCUT2D eigenvalue weighted by Gasteiger charge is 2.49. The number of hydrogen-bond donors (Lipinski definition) is 2. The molecule has 0 aromatic heterocycles. The maximum Gasteiger partial charge on any atom is 0.325 e. The molecule has 0 spiro atoms. The first-order valence-corrected chi connectivity index (χ1v) is 9.10. The first kappa shape index (κ1) is 19.9. The van der Waals surface area contributed by atoms with Crippen molar-refractivity contribution in [2.75, 3.05) is 6.54 Å². The Morgan fingerprint density at radius 3 is 2.19 bits per heavy atom. The Labute approximate surface area is 155 Å². The molecular weight excluding hydrogens is 330 g/mol. The van der Waals surface area contributed by atoms with Crippen molar-refractivity contribution in [3.05, 3.63) is 35.4 Å². The van der Waals surface area contributed by atoms with E-state index in [0.29, 0.717) is 11.5 Å². The van der Waals surface area contributed by atoms with Gasteiger partial charge in [-0.1, -0.05) is 52.0 Å². The summed E-state index contributed by atoms with van der Waals surface area (Å²) in [6, 6.07) is 7.07. The molecule has 1 aromatic rings. The molecule has 1 saturated heterocycles. The average Bonchev–Trinajstić information content (AvgIpc) is 2.79. The number of nitrogens with zero attached hydrogens (tertiary/aromatic N) is 1. The molecule has 6 heteroatoms. The lowest BCUT2D eigenvalue weighted by Gasteiger charge is -2.23. The fraction of sp³-hybridized carbons (Fsp3) is 0.550. The Balaban J connectivity index is 2.15. The molecule has 1 aliphatic rings. The largest absolute Gasteiger partial charge is 0.352 e. The van der Waals surface area contributed by atoms with Crippen molar-refractivity contribution in [3.8, 4) is 0 Å². The predicted octanol–water partition coefficient (Wildman–Crippen LogP) is 2.74. The highest BCUT2D eigenvalue weighted by Crippen LogP contribution is 2.29. The van der Waals surface area contributed by atoms with Crippen LogP contribution in [-0.4, -0.2) is 35.3 Å². The minimum atomic E-state index is -1.16. The number of rotatable bonds is 6. The standard InChI is InChI=1S/C20H29N3O3/c1-12(2)14(5)21-17(24)11-23-18(25)20(6,22-19(23)26)16-9-7-15(8-10-16)13(3)4/h7-10,12-14H,11H2,1-6H3,(H,21,24)(H,22,26). The molecular formula is C20H29N3O3. The van der Waals surface area contributed by atoms with Gasteiger partial charge < -0.3 is 10.6 Å². The number of amides is 4. The van der Waals surface area contributed by atoms with Crippen LogP contribution in [0, 0.1) is 5.92 Å². The van der Waals surface area contributed by atoms with Crippen LogP contribution in [0.1, 0.15) is 58.6 Å². The summed E-state index contributed by atoms with van der Waals surface area (Å²) < 4.78 is 0. The zero-order valence-corrected chi connectivity index (χ0v) is 16.4. The Kier molecular flexibility index (Phi) is 5.74. The SMILES string of the molecule is CC(C)c1ccc(C2(C)NC(=O)N(CC(=O)NC(C)C(C)C)C2=O)cc1. The molecule has 0 bridgehead atoms. The van der Waals surface area contributed by atoms with Crippen LogP contribution in [-0.2, 0) is 15.1 Å². The molecule has 2 N–H and O–H groups in total. The average molecular weight is 359 g/mol. The van der Waals surface area contributed by atoms with Gasteiger partial charge >= 0.3 is 6.03 Å². The number of nitrogens with one attached hydrogen (secondary N) is 2. The third-order valence-corrected chi connectivity index (χ3v) is 5.12. The van der Waals surface area contributed by atoms with Gasteiger partial charge in [-0.3, -0.25) is 14.5 Å². The lowest BCUT2D eigenvalue weighted by Crippen LogP contribution is -2.46. The van der Waals surface area contributed by atoms with Crippen molar-refractivity contribution in [1.29, 1.82) is 0 Å². The molecule has 0 aliphatic carbocycles. The van der Waals surface area contributed by atoms with Crippen molar-refractivity contribution in [2.45, 2.75) is 59.0 Å². The summed E-state index contributed by atoms with van der Waals surface area (Å²) in [4.78, 5) is 38.4. The molecule has 2 rings (SSSR count). The Hall–Kier alpha value is -2.37. The maximum atomic E-state index is 12.9. The summed E-state index contributed by atoms with van der Waals surface area (Å²) in [5.41, 5.74) is 0.711. The van der Waals surface area contributed by atoms with Crippen molar-refractivity contribution in [2.24, 2.45) is 5.92 Å². The van der Waals surface area contributed by atoms with Crippen LogP contribution in [0.4, 0.5) is 4.79 Å². The van der Waals surface area contributed by atoms with Crippen LogP contribution in [0.2, 0.25) is 0 Å². The van der Waals surface area contributed by atoms with E-state index in [2.05, 4.69) is 24.5 Å². The Morgan fingerprint density at radius 2 is 1.69 bits per heavy atom. The van der Waals surface area contributed by atoms with Crippen LogP contribution in [0.25, 0.3) is 0 Å². The topological polar surface area (TPSA) is 78.5 Å². The zero-order valence-electron chi connectivity index (χ0n) is 16.4. The van der Waals surface area contributed by atoms with E-state index in [1.807, 2.05) is 45.0 Å². The van der Waals surface area contributed by atoms with E-state index >= 15 is 0 Å². The van der Waals surface area contributed by atoms with E-state index in [1.54, 1.807) is 6.92 Å². The molecule has 1 fully saturated rings. The van der Waals surface area contributed by atoms with Gasteiger partial charge in [0.2, 0.25) is 5.91 Å². The van der Waals surface area contributed by atoms with E-state index in [4.69, 9.17) is 0 Å². The Morgan fingerprint density at radius 1 is 1.12 bits per heavy atom. The third kappa shape index (κ3) is 3.89. The van der Waals surface area contributed by atoms with Crippen LogP contribution in [0.15, 0.2) is 24.3 Å². The normalized spacial score (nSPS) is 21.3. The van der Waals surface area contributed by atoms with Gasteiger partial charge in [0, 0.05) is 6.04 Å². The molecule has 142 valence electrons. The Bertz CT molecular complexity index is 697. The van der Waals surface area contributed by atoms with Crippen LogP contribution < -0.4 is 10.6 Å². The molecule has 1 aromatic carbocycles. The molecule has 1 heterocycles. The van der Waals surface area contributed by atoms with E-state index in [1.165, 1.54) is 0 Å². The van der Waals surface area contributed by atoms with Gasteiger partial charge in [-0.25, -0.2) is 4.79 Å². The molecule has 26 heavy (non-hydrogen) atoms. The summed E-state index contributed by atoms with van der Waals surface area (Å²) in [6.45, 7) is 11.5. The van der Waals surface area contributed by atoms with Gasteiger partial charge in [-0.2, -0.15) is 0 Å². The minimum Gasteiger partial charge on any atom is -0.352 e. The molecule has 2 unspecified atom stereocenters. The number of imide groups is 1. The van der Waals surface area contributed by atoms with Gasteiger partial charge in [-0.15, -0.1) is 0 Å². The van der Waals surface area contributed by atoms with E-state index in [0.717, 1.165) is 10.5 Å². The van der Waals surface area contributed by atoms with E-state index in [-0.39, 0.29) is 24.4 Å². The monoisotopic (exact) mass is 359 g/mol. The summed E-state index contributed by atoms with van der Waals surface area (Å²) >= 11 is 0. The third-order valence-electron chi connectivity index (χ3n) is 5.12. The lowest BCUT2D eigenvalue weighted by molar-refractivity contribution is -0.135. The number of carbonyl (C=O) groups excluding carboxylic acids is 3. The molecule has 0 radical (unpaired) electrons. The number of benzene rings is 1.